The smallest absolute Gasteiger partial charge is 0.259 e. The molecule has 0 radical (unpaired) electrons. The van der Waals surface area contributed by atoms with E-state index < -0.39 is 11.8 Å². The predicted molar refractivity (Wildman–Crippen MR) is 115 cm³/mol. The van der Waals surface area contributed by atoms with Crippen molar-refractivity contribution in [1.29, 1.82) is 0 Å². The number of nitrogens with one attached hydrogen (secondary N) is 3. The number of methoxy groups -OCH3 is 2. The van der Waals surface area contributed by atoms with Crippen LogP contribution in [0.5, 0.6) is 11.5 Å². The Morgan fingerprint density at radius 3 is 2.53 bits per heavy atom. The lowest BCUT2D eigenvalue weighted by Gasteiger charge is -2.10. The van der Waals surface area contributed by atoms with Gasteiger partial charge in [0.05, 0.1) is 26.5 Å². The van der Waals surface area contributed by atoms with Crippen LogP contribution >= 0.6 is 0 Å². The van der Waals surface area contributed by atoms with Gasteiger partial charge < -0.3 is 19.8 Å². The summed E-state index contributed by atoms with van der Waals surface area (Å²) in [6.45, 7) is 3.57. The van der Waals surface area contributed by atoms with Crippen LogP contribution in [0.2, 0.25) is 0 Å². The number of ether oxygens (including phenoxy) is 2. The maximum atomic E-state index is 12.3. The van der Waals surface area contributed by atoms with Gasteiger partial charge in [-0.2, -0.15) is 5.10 Å². The Morgan fingerprint density at radius 1 is 1.07 bits per heavy atom. The van der Waals surface area contributed by atoms with Gasteiger partial charge in [0.15, 0.2) is 11.5 Å². The van der Waals surface area contributed by atoms with Crippen molar-refractivity contribution >= 4 is 28.4 Å². The van der Waals surface area contributed by atoms with Gasteiger partial charge in [-0.3, -0.25) is 9.59 Å². The molecule has 1 heterocycles. The maximum Gasteiger partial charge on any atom is 0.259 e. The molecule has 0 aliphatic rings. The lowest BCUT2D eigenvalue weighted by Crippen LogP contribution is -2.35. The van der Waals surface area contributed by atoms with E-state index in [4.69, 9.17) is 9.47 Å². The van der Waals surface area contributed by atoms with Gasteiger partial charge in [0.1, 0.15) is 0 Å². The third kappa shape index (κ3) is 4.43. The highest BCUT2D eigenvalue weighted by Gasteiger charge is 2.13. The van der Waals surface area contributed by atoms with E-state index >= 15 is 0 Å². The fourth-order valence-electron chi connectivity index (χ4n) is 3.22. The molecule has 2 amide bonds. The van der Waals surface area contributed by atoms with Gasteiger partial charge in [-0.15, -0.1) is 0 Å². The average Bonchev–Trinajstić information content (AvgIpc) is 3.10. The molecular weight excluding hydrogens is 384 g/mol. The van der Waals surface area contributed by atoms with Gasteiger partial charge in [-0.05, 0) is 38.1 Å². The molecule has 0 bridgehead atoms. The minimum atomic E-state index is -0.430. The van der Waals surface area contributed by atoms with Crippen LogP contribution in [0, 0.1) is 6.92 Å². The molecule has 8 heteroatoms. The van der Waals surface area contributed by atoms with Crippen molar-refractivity contribution in [3.63, 3.8) is 0 Å². The zero-order valence-corrected chi connectivity index (χ0v) is 17.3. The first-order chi connectivity index (χ1) is 14.4. The molecule has 3 aromatic rings. The van der Waals surface area contributed by atoms with E-state index in [2.05, 4.69) is 20.8 Å². The standard InChI is InChI=1S/C22H24N4O4/c1-13-21(16-7-5-6-8-17(16)24-13)14(2)25-26-20(27)12-23-22(28)15-9-10-18(29-3)19(11-15)30-4/h5-11,24H,12H2,1-4H3,(H,23,28)(H,26,27)/b25-14+. The molecule has 0 spiro atoms. The van der Waals surface area contributed by atoms with Gasteiger partial charge in [-0.25, -0.2) is 5.43 Å². The first-order valence-corrected chi connectivity index (χ1v) is 9.35. The summed E-state index contributed by atoms with van der Waals surface area (Å²) in [5.41, 5.74) is 6.43. The summed E-state index contributed by atoms with van der Waals surface area (Å²) in [6, 6.07) is 12.7. The van der Waals surface area contributed by atoms with Gasteiger partial charge in [0.25, 0.3) is 11.8 Å². The van der Waals surface area contributed by atoms with Crippen molar-refractivity contribution in [2.75, 3.05) is 20.8 Å². The summed E-state index contributed by atoms with van der Waals surface area (Å²) in [6.07, 6.45) is 0. The number of hydrogen-bond donors (Lipinski definition) is 3. The van der Waals surface area contributed by atoms with Gasteiger partial charge >= 0.3 is 0 Å². The molecule has 30 heavy (non-hydrogen) atoms. The molecule has 0 saturated heterocycles. The molecule has 156 valence electrons. The number of fused-ring (bicyclic) bond motifs is 1. The van der Waals surface area contributed by atoms with Crippen molar-refractivity contribution in [3.05, 3.63) is 59.3 Å². The van der Waals surface area contributed by atoms with E-state index in [-0.39, 0.29) is 6.54 Å². The number of aromatic amines is 1. The second kappa shape index (κ2) is 9.13. The average molecular weight is 408 g/mol. The SMILES string of the molecule is COc1ccc(C(=O)NCC(=O)N/N=C(\C)c2c(C)[nH]c3ccccc23)cc1OC. The Balaban J connectivity index is 1.62. The minimum Gasteiger partial charge on any atom is -0.493 e. The van der Waals surface area contributed by atoms with Crippen LogP contribution in [0.25, 0.3) is 10.9 Å². The van der Waals surface area contributed by atoms with Gasteiger partial charge in [0, 0.05) is 27.7 Å². The maximum absolute atomic E-state index is 12.3. The number of carbonyl (C=O) groups excluding carboxylic acids is 2. The second-order valence-corrected chi connectivity index (χ2v) is 6.66. The lowest BCUT2D eigenvalue weighted by atomic mass is 10.1. The summed E-state index contributed by atoms with van der Waals surface area (Å²) in [5, 5.41) is 7.79. The number of carbonyl (C=O) groups is 2. The molecule has 0 fully saturated rings. The number of aromatic nitrogens is 1. The first kappa shape index (κ1) is 20.9. The molecule has 0 aliphatic carbocycles. The third-order valence-corrected chi connectivity index (χ3v) is 4.66. The number of benzene rings is 2. The van der Waals surface area contributed by atoms with Crippen molar-refractivity contribution in [2.45, 2.75) is 13.8 Å². The van der Waals surface area contributed by atoms with Crippen LogP contribution in [0.3, 0.4) is 0 Å². The number of aryl methyl sites for hydroxylation is 1. The normalized spacial score (nSPS) is 11.3. The summed E-state index contributed by atoms with van der Waals surface area (Å²) < 4.78 is 10.3. The number of nitrogens with zero attached hydrogens (tertiary/aromatic N) is 1. The zero-order chi connectivity index (χ0) is 21.7. The molecule has 0 unspecified atom stereocenters. The molecule has 0 saturated carbocycles. The van der Waals surface area contributed by atoms with E-state index in [1.165, 1.54) is 14.2 Å². The summed E-state index contributed by atoms with van der Waals surface area (Å²) >= 11 is 0. The Labute approximate surface area is 174 Å². The molecule has 1 aromatic heterocycles. The van der Waals surface area contributed by atoms with Crippen molar-refractivity contribution < 1.29 is 19.1 Å². The van der Waals surface area contributed by atoms with Crippen molar-refractivity contribution in [1.82, 2.24) is 15.7 Å². The largest absolute Gasteiger partial charge is 0.493 e. The Kier molecular flexibility index (Phi) is 6.36. The molecule has 2 aromatic carbocycles. The van der Waals surface area contributed by atoms with Crippen LogP contribution in [-0.2, 0) is 4.79 Å². The van der Waals surface area contributed by atoms with Crippen LogP contribution < -0.4 is 20.2 Å². The zero-order valence-electron chi connectivity index (χ0n) is 17.3. The summed E-state index contributed by atoms with van der Waals surface area (Å²) in [7, 11) is 3.00. The van der Waals surface area contributed by atoms with Crippen LogP contribution in [0.4, 0.5) is 0 Å². The molecule has 8 nitrogen and oxygen atoms in total. The Bertz CT molecular complexity index is 1120. The second-order valence-electron chi connectivity index (χ2n) is 6.66. The van der Waals surface area contributed by atoms with E-state index in [0.717, 1.165) is 22.2 Å². The van der Waals surface area contributed by atoms with Gasteiger partial charge in [0.2, 0.25) is 0 Å². The number of H-pyrrole nitrogens is 1. The van der Waals surface area contributed by atoms with Crippen molar-refractivity contribution in [2.24, 2.45) is 5.10 Å². The number of amides is 2. The Morgan fingerprint density at radius 2 is 1.80 bits per heavy atom. The first-order valence-electron chi connectivity index (χ1n) is 9.35. The lowest BCUT2D eigenvalue weighted by molar-refractivity contribution is -0.120. The van der Waals surface area contributed by atoms with E-state index in [9.17, 15) is 9.59 Å². The van der Waals surface area contributed by atoms with Crippen LogP contribution in [0.15, 0.2) is 47.6 Å². The molecule has 0 aliphatic heterocycles. The third-order valence-electron chi connectivity index (χ3n) is 4.66. The number of hydrazone groups is 1. The van der Waals surface area contributed by atoms with Crippen LogP contribution in [0.1, 0.15) is 28.5 Å². The monoisotopic (exact) mass is 408 g/mol. The fraction of sp³-hybridized carbons (Fsp3) is 0.227. The van der Waals surface area contributed by atoms with E-state index in [1.54, 1.807) is 18.2 Å². The molecule has 0 atom stereocenters. The number of para-hydroxylation sites is 1. The highest BCUT2D eigenvalue weighted by molar-refractivity contribution is 6.11. The number of hydrogen-bond acceptors (Lipinski definition) is 5. The number of rotatable bonds is 7. The highest BCUT2D eigenvalue weighted by Crippen LogP contribution is 2.27. The van der Waals surface area contributed by atoms with E-state index in [0.29, 0.717) is 22.8 Å². The summed E-state index contributed by atoms with van der Waals surface area (Å²) in [5.74, 6) is 0.119. The molecular formula is C22H24N4O4. The van der Waals surface area contributed by atoms with Gasteiger partial charge in [-0.1, -0.05) is 18.2 Å². The van der Waals surface area contributed by atoms with Crippen molar-refractivity contribution in [3.8, 4) is 11.5 Å². The Hall–Kier alpha value is -3.81. The topological polar surface area (TPSA) is 105 Å². The fourth-order valence-corrected chi connectivity index (χ4v) is 3.22. The molecule has 3 rings (SSSR count). The highest BCUT2D eigenvalue weighted by atomic mass is 16.5. The summed E-state index contributed by atoms with van der Waals surface area (Å²) in [4.78, 5) is 27.7. The van der Waals surface area contributed by atoms with Crippen LogP contribution in [-0.4, -0.2) is 43.3 Å². The van der Waals surface area contributed by atoms with E-state index in [1.807, 2.05) is 38.1 Å². The minimum absolute atomic E-state index is 0.211. The predicted octanol–water partition coefficient (Wildman–Crippen LogP) is 2.76. The quantitative estimate of drug-likeness (QED) is 0.413. The molecule has 3 N–H and O–H groups in total.